The molecule has 0 amide bonds. The van der Waals surface area contributed by atoms with E-state index in [9.17, 15) is 9.18 Å². The Balaban J connectivity index is 2.18. The number of hydrogen-bond donors (Lipinski definition) is 1. The highest BCUT2D eigenvalue weighted by atomic mass is 32.1. The lowest BCUT2D eigenvalue weighted by molar-refractivity contribution is 0.628. The maximum Gasteiger partial charge on any atom is 0.276 e. The zero-order chi connectivity index (χ0) is 15.0. The summed E-state index contributed by atoms with van der Waals surface area (Å²) < 4.78 is 14.2. The van der Waals surface area contributed by atoms with Gasteiger partial charge in [-0.05, 0) is 30.3 Å². The van der Waals surface area contributed by atoms with Crippen LogP contribution < -0.4 is 11.3 Å². The molecule has 106 valence electrons. The predicted molar refractivity (Wildman–Crippen MR) is 78.2 cm³/mol. The lowest BCUT2D eigenvalue weighted by atomic mass is 10.1. The summed E-state index contributed by atoms with van der Waals surface area (Å²) in [7, 11) is 1.54. The summed E-state index contributed by atoms with van der Waals surface area (Å²) in [5.74, 6) is -0.333. The summed E-state index contributed by atoms with van der Waals surface area (Å²) in [5, 5.41) is 12.5. The van der Waals surface area contributed by atoms with Crippen LogP contribution in [0.4, 0.5) is 9.52 Å². The summed E-state index contributed by atoms with van der Waals surface area (Å²) in [6.07, 6.45) is 0. The standard InChI is InChI=1S/C13H10FN5OS/c1-19-12(20)9(11-16-17-13(15)21-11)6-10(18-19)7-2-4-8(14)5-3-7/h2-6H,1H3,(H2,15,17). The molecule has 3 aromatic rings. The molecule has 8 heteroatoms. The van der Waals surface area contributed by atoms with Gasteiger partial charge in [0.05, 0.1) is 11.3 Å². The molecule has 0 bridgehead atoms. The molecule has 2 N–H and O–H groups in total. The summed E-state index contributed by atoms with van der Waals surface area (Å²) in [4.78, 5) is 12.2. The monoisotopic (exact) mass is 303 g/mol. The van der Waals surface area contributed by atoms with Crippen molar-refractivity contribution in [3.05, 3.63) is 46.5 Å². The molecule has 0 aliphatic rings. The number of anilines is 1. The average Bonchev–Trinajstić information content (AvgIpc) is 2.89. The fourth-order valence-electron chi connectivity index (χ4n) is 1.87. The number of aryl methyl sites for hydroxylation is 1. The number of benzene rings is 1. The Morgan fingerprint density at radius 3 is 2.57 bits per heavy atom. The molecule has 6 nitrogen and oxygen atoms in total. The van der Waals surface area contributed by atoms with Gasteiger partial charge in [-0.2, -0.15) is 5.10 Å². The Morgan fingerprint density at radius 1 is 1.24 bits per heavy atom. The normalized spacial score (nSPS) is 10.8. The molecular formula is C13H10FN5OS. The molecule has 0 aliphatic carbocycles. The Labute approximate surface area is 122 Å². The summed E-state index contributed by atoms with van der Waals surface area (Å²) in [6.45, 7) is 0. The predicted octanol–water partition coefficient (Wildman–Crippen LogP) is 1.69. The minimum Gasteiger partial charge on any atom is -0.374 e. The van der Waals surface area contributed by atoms with E-state index in [0.29, 0.717) is 21.8 Å². The molecule has 0 spiro atoms. The lowest BCUT2D eigenvalue weighted by Gasteiger charge is -2.05. The van der Waals surface area contributed by atoms with Crippen molar-refractivity contribution in [1.29, 1.82) is 0 Å². The van der Waals surface area contributed by atoms with Gasteiger partial charge in [-0.3, -0.25) is 4.79 Å². The van der Waals surface area contributed by atoms with Crippen molar-refractivity contribution in [1.82, 2.24) is 20.0 Å². The molecule has 0 unspecified atom stereocenters. The van der Waals surface area contributed by atoms with Crippen LogP contribution in [0.1, 0.15) is 0 Å². The van der Waals surface area contributed by atoms with Crippen LogP contribution in [0.25, 0.3) is 21.8 Å². The smallest absolute Gasteiger partial charge is 0.276 e. The second kappa shape index (κ2) is 5.06. The molecule has 3 rings (SSSR count). The molecule has 0 saturated carbocycles. The number of halogens is 1. The van der Waals surface area contributed by atoms with E-state index in [4.69, 9.17) is 5.73 Å². The van der Waals surface area contributed by atoms with Crippen LogP contribution in [-0.2, 0) is 7.05 Å². The molecule has 21 heavy (non-hydrogen) atoms. The van der Waals surface area contributed by atoms with Gasteiger partial charge in [0.1, 0.15) is 5.82 Å². The highest BCUT2D eigenvalue weighted by Gasteiger charge is 2.13. The number of nitrogens with zero attached hydrogens (tertiary/aromatic N) is 4. The third-order valence-corrected chi connectivity index (χ3v) is 3.66. The first-order valence-electron chi connectivity index (χ1n) is 5.98. The Bertz CT molecular complexity index is 856. The first kappa shape index (κ1) is 13.4. The van der Waals surface area contributed by atoms with E-state index >= 15 is 0 Å². The van der Waals surface area contributed by atoms with Crippen LogP contribution in [-0.4, -0.2) is 20.0 Å². The van der Waals surface area contributed by atoms with Crippen LogP contribution in [0.5, 0.6) is 0 Å². The van der Waals surface area contributed by atoms with Crippen LogP contribution in [0, 0.1) is 5.82 Å². The first-order valence-corrected chi connectivity index (χ1v) is 6.80. The van der Waals surface area contributed by atoms with Crippen molar-refractivity contribution in [2.75, 3.05) is 5.73 Å². The van der Waals surface area contributed by atoms with Gasteiger partial charge in [0, 0.05) is 12.6 Å². The van der Waals surface area contributed by atoms with Crippen LogP contribution in [0.3, 0.4) is 0 Å². The molecule has 0 saturated heterocycles. The van der Waals surface area contributed by atoms with Gasteiger partial charge in [-0.15, -0.1) is 10.2 Å². The molecular weight excluding hydrogens is 293 g/mol. The number of nitrogens with two attached hydrogens (primary N) is 1. The van der Waals surface area contributed by atoms with Crippen molar-refractivity contribution in [2.45, 2.75) is 0 Å². The van der Waals surface area contributed by atoms with Crippen molar-refractivity contribution < 1.29 is 4.39 Å². The molecule has 0 aliphatic heterocycles. The Kier molecular flexibility index (Phi) is 3.22. The maximum absolute atomic E-state index is 13.0. The lowest BCUT2D eigenvalue weighted by Crippen LogP contribution is -2.21. The van der Waals surface area contributed by atoms with Gasteiger partial charge in [0.25, 0.3) is 5.56 Å². The second-order valence-corrected chi connectivity index (χ2v) is 5.33. The van der Waals surface area contributed by atoms with Crippen LogP contribution in [0.2, 0.25) is 0 Å². The van der Waals surface area contributed by atoms with Gasteiger partial charge in [-0.25, -0.2) is 9.07 Å². The van der Waals surface area contributed by atoms with E-state index in [2.05, 4.69) is 15.3 Å². The second-order valence-electron chi connectivity index (χ2n) is 4.32. The van der Waals surface area contributed by atoms with E-state index in [-0.39, 0.29) is 16.5 Å². The van der Waals surface area contributed by atoms with E-state index in [1.165, 1.54) is 16.8 Å². The summed E-state index contributed by atoms with van der Waals surface area (Å²) in [5.41, 5.74) is 6.86. The SMILES string of the molecule is Cn1nc(-c2ccc(F)cc2)cc(-c2nnc(N)s2)c1=O. The third-order valence-electron chi connectivity index (χ3n) is 2.87. The van der Waals surface area contributed by atoms with Gasteiger partial charge in [0.2, 0.25) is 5.13 Å². The fourth-order valence-corrected chi connectivity index (χ4v) is 2.48. The van der Waals surface area contributed by atoms with E-state index in [1.54, 1.807) is 25.2 Å². The number of aromatic nitrogens is 4. The summed E-state index contributed by atoms with van der Waals surface area (Å²) in [6, 6.07) is 7.48. The van der Waals surface area contributed by atoms with Gasteiger partial charge in [-0.1, -0.05) is 11.3 Å². The number of rotatable bonds is 2. The third kappa shape index (κ3) is 2.52. The number of hydrogen-bond acceptors (Lipinski definition) is 6. The van der Waals surface area contributed by atoms with Crippen molar-refractivity contribution in [3.63, 3.8) is 0 Å². The maximum atomic E-state index is 13.0. The zero-order valence-electron chi connectivity index (χ0n) is 10.9. The largest absolute Gasteiger partial charge is 0.374 e. The molecule has 2 heterocycles. The first-order chi connectivity index (χ1) is 10.0. The topological polar surface area (TPSA) is 86.7 Å². The average molecular weight is 303 g/mol. The van der Waals surface area contributed by atoms with Crippen LogP contribution in [0.15, 0.2) is 35.1 Å². The Morgan fingerprint density at radius 2 is 1.95 bits per heavy atom. The number of nitrogen functional groups attached to an aromatic ring is 1. The molecule has 0 radical (unpaired) electrons. The van der Waals surface area contributed by atoms with Crippen molar-refractivity contribution in [2.24, 2.45) is 7.05 Å². The zero-order valence-corrected chi connectivity index (χ0v) is 11.8. The van der Waals surface area contributed by atoms with Crippen LogP contribution >= 0.6 is 11.3 Å². The minimum atomic E-state index is -0.333. The van der Waals surface area contributed by atoms with E-state index in [1.807, 2.05) is 0 Å². The molecule has 1 aromatic carbocycles. The van der Waals surface area contributed by atoms with E-state index < -0.39 is 0 Å². The highest BCUT2D eigenvalue weighted by Crippen LogP contribution is 2.25. The van der Waals surface area contributed by atoms with Gasteiger partial charge < -0.3 is 5.73 Å². The molecule has 0 atom stereocenters. The summed E-state index contributed by atoms with van der Waals surface area (Å²) >= 11 is 1.12. The molecule has 0 fully saturated rings. The quantitative estimate of drug-likeness (QED) is 0.778. The fraction of sp³-hybridized carbons (Fsp3) is 0.0769. The van der Waals surface area contributed by atoms with E-state index in [0.717, 1.165) is 11.3 Å². The highest BCUT2D eigenvalue weighted by molar-refractivity contribution is 7.18. The van der Waals surface area contributed by atoms with Gasteiger partial charge >= 0.3 is 0 Å². The van der Waals surface area contributed by atoms with Gasteiger partial charge in [0.15, 0.2) is 5.01 Å². The van der Waals surface area contributed by atoms with Crippen molar-refractivity contribution in [3.8, 4) is 21.8 Å². The molecule has 2 aromatic heterocycles. The van der Waals surface area contributed by atoms with Crippen molar-refractivity contribution >= 4 is 16.5 Å². The minimum absolute atomic E-state index is 0.284. The Hall–Kier alpha value is -2.61.